The number of nitrogens with one attached hydrogen (secondary N) is 1. The van der Waals surface area contributed by atoms with E-state index in [0.717, 1.165) is 19.3 Å². The summed E-state index contributed by atoms with van der Waals surface area (Å²) < 4.78 is 58.4. The molecule has 0 saturated heterocycles. The van der Waals surface area contributed by atoms with Crippen molar-refractivity contribution < 1.29 is 40.9 Å². The zero-order chi connectivity index (χ0) is 33.2. The van der Waals surface area contributed by atoms with E-state index in [9.17, 15) is 17.8 Å². The molecule has 0 aliphatic heterocycles. The minimum Gasteiger partial charge on any atom is -0.377 e. The Balaban J connectivity index is 1.12. The van der Waals surface area contributed by atoms with Crippen molar-refractivity contribution in [2.24, 2.45) is 40.4 Å². The summed E-state index contributed by atoms with van der Waals surface area (Å²) >= 11 is 0. The van der Waals surface area contributed by atoms with E-state index in [1.54, 1.807) is 0 Å². The van der Waals surface area contributed by atoms with Crippen molar-refractivity contribution in [3.8, 4) is 12.3 Å². The van der Waals surface area contributed by atoms with Crippen LogP contribution in [0.5, 0.6) is 0 Å². The second-order valence-corrected chi connectivity index (χ2v) is 15.4. The summed E-state index contributed by atoms with van der Waals surface area (Å²) in [6, 6.07) is 0. The summed E-state index contributed by atoms with van der Waals surface area (Å²) in [4.78, 5) is 12.6. The summed E-state index contributed by atoms with van der Waals surface area (Å²) in [6.45, 7) is 11.4. The maximum absolute atomic E-state index is 12.6. The first-order chi connectivity index (χ1) is 22.0. The average molecular weight is 668 g/mol. The molecule has 262 valence electrons. The van der Waals surface area contributed by atoms with Gasteiger partial charge in [-0.3, -0.25) is 9.35 Å². The van der Waals surface area contributed by atoms with Gasteiger partial charge >= 0.3 is 10.4 Å². The first-order valence-corrected chi connectivity index (χ1v) is 18.7. The van der Waals surface area contributed by atoms with Gasteiger partial charge in [-0.15, -0.1) is 6.42 Å². The number of carbonyl (C=O) groups excluding carboxylic acids is 1. The lowest BCUT2D eigenvalue weighted by atomic mass is 9.47. The molecule has 1 unspecified atom stereocenters. The van der Waals surface area contributed by atoms with Gasteiger partial charge in [0.15, 0.2) is 0 Å². The maximum Gasteiger partial charge on any atom is 0.397 e. The van der Waals surface area contributed by atoms with Gasteiger partial charge in [0.2, 0.25) is 5.91 Å². The van der Waals surface area contributed by atoms with E-state index in [4.69, 9.17) is 29.6 Å². The molecule has 4 aliphatic rings. The van der Waals surface area contributed by atoms with Gasteiger partial charge in [0.05, 0.1) is 52.4 Å². The summed E-state index contributed by atoms with van der Waals surface area (Å²) in [6.07, 6.45) is 16.5. The topological polar surface area (TPSA) is 130 Å². The molecule has 0 aromatic rings. The highest BCUT2D eigenvalue weighted by atomic mass is 32.3. The second kappa shape index (κ2) is 17.2. The summed E-state index contributed by atoms with van der Waals surface area (Å²) in [5.74, 6) is 5.54. The number of amides is 1. The average Bonchev–Trinajstić information content (AvgIpc) is 3.37. The Kier molecular flexibility index (Phi) is 14.0. The van der Waals surface area contributed by atoms with E-state index < -0.39 is 16.5 Å². The predicted molar refractivity (Wildman–Crippen MR) is 175 cm³/mol. The quantitative estimate of drug-likeness (QED) is 0.0848. The smallest absolute Gasteiger partial charge is 0.377 e. The normalized spacial score (nSPS) is 32.8. The van der Waals surface area contributed by atoms with Crippen LogP contribution in [-0.2, 0) is 38.3 Å². The zero-order valence-corrected chi connectivity index (χ0v) is 29.0. The molecule has 0 heterocycles. The van der Waals surface area contributed by atoms with Crippen molar-refractivity contribution in [3.05, 3.63) is 11.6 Å². The van der Waals surface area contributed by atoms with Gasteiger partial charge in [0, 0.05) is 13.0 Å². The highest BCUT2D eigenvalue weighted by molar-refractivity contribution is 7.80. The van der Waals surface area contributed by atoms with E-state index in [1.165, 1.54) is 31.3 Å². The molecule has 4 aliphatic carbocycles. The highest BCUT2D eigenvalue weighted by Crippen LogP contribution is 2.67. The number of ether oxygens (including phenoxy) is 4. The second-order valence-electron chi connectivity index (χ2n) is 14.3. The molecule has 8 atom stereocenters. The van der Waals surface area contributed by atoms with Gasteiger partial charge in [-0.1, -0.05) is 38.3 Å². The van der Waals surface area contributed by atoms with Crippen molar-refractivity contribution in [3.63, 3.8) is 0 Å². The Hall–Kier alpha value is -1.52. The molecule has 0 spiro atoms. The molecule has 0 bridgehead atoms. The third-order valence-electron chi connectivity index (χ3n) is 11.8. The summed E-state index contributed by atoms with van der Waals surface area (Å²) in [7, 11) is -4.44. The van der Waals surface area contributed by atoms with Crippen molar-refractivity contribution in [1.82, 2.24) is 5.32 Å². The predicted octanol–water partition coefficient (Wildman–Crippen LogP) is 4.99. The van der Waals surface area contributed by atoms with Gasteiger partial charge in [-0.25, -0.2) is 4.18 Å². The third-order valence-corrected chi connectivity index (χ3v) is 12.3. The van der Waals surface area contributed by atoms with E-state index in [1.807, 2.05) is 0 Å². The Morgan fingerprint density at radius 3 is 2.35 bits per heavy atom. The molecule has 3 fully saturated rings. The molecule has 3 saturated carbocycles. The van der Waals surface area contributed by atoms with Crippen LogP contribution in [0.3, 0.4) is 0 Å². The number of terminal acetylenes is 1. The van der Waals surface area contributed by atoms with Crippen LogP contribution in [0.25, 0.3) is 0 Å². The van der Waals surface area contributed by atoms with Crippen LogP contribution in [0.2, 0.25) is 0 Å². The molecule has 1 amide bonds. The zero-order valence-electron chi connectivity index (χ0n) is 28.2. The third kappa shape index (κ3) is 9.77. The van der Waals surface area contributed by atoms with Gasteiger partial charge in [-0.05, 0) is 98.2 Å². The lowest BCUT2D eigenvalue weighted by Gasteiger charge is -2.58. The van der Waals surface area contributed by atoms with Crippen molar-refractivity contribution in [1.29, 1.82) is 0 Å². The van der Waals surface area contributed by atoms with Gasteiger partial charge in [-0.2, -0.15) is 8.42 Å². The first-order valence-electron chi connectivity index (χ1n) is 17.3. The molecule has 2 N–H and O–H groups in total. The van der Waals surface area contributed by atoms with Crippen molar-refractivity contribution >= 4 is 16.3 Å². The van der Waals surface area contributed by atoms with E-state index in [0.29, 0.717) is 114 Å². The minimum absolute atomic E-state index is 0.0790. The molecule has 11 heteroatoms. The fourth-order valence-corrected chi connectivity index (χ4v) is 10.1. The number of fused-ring (bicyclic) bond motifs is 5. The fraction of sp³-hybridized carbons (Fsp3) is 0.857. The first kappa shape index (κ1) is 37.3. The number of hydrogen-bond donors (Lipinski definition) is 2. The molecular weight excluding hydrogens is 610 g/mol. The molecule has 4 rings (SSSR count). The van der Waals surface area contributed by atoms with Crippen LogP contribution in [0.1, 0.15) is 85.0 Å². The molecule has 10 nitrogen and oxygen atoms in total. The lowest BCUT2D eigenvalue weighted by molar-refractivity contribution is -0.121. The maximum atomic E-state index is 12.6. The van der Waals surface area contributed by atoms with Crippen LogP contribution in [0.15, 0.2) is 11.6 Å². The number of allylic oxidation sites excluding steroid dienone is 1. The van der Waals surface area contributed by atoms with Crippen LogP contribution in [0, 0.1) is 52.8 Å². The molecule has 0 aromatic heterocycles. The largest absolute Gasteiger partial charge is 0.397 e. The molecule has 0 radical (unpaired) electrons. The standard InChI is InChI=1S/C35H57NO9S/c1-5-17-41-19-21-43-23-24-44-22-20-42-18-16-36-33(37)11-6-26(2)30-9-10-31-29-8-7-27-25-28(45-46(38,39)40)12-14-34(27,3)32(29)13-15-35(30,31)4/h1,7,26,28-32H,6,8-25H2,2-4H3,(H,36,37)(H,38,39,40)/t26?,28-,29-,30+,31-,32-,34-,35+/m0/s1. The number of rotatable bonds is 19. The van der Waals surface area contributed by atoms with Crippen LogP contribution < -0.4 is 5.32 Å². The van der Waals surface area contributed by atoms with Crippen LogP contribution in [0.4, 0.5) is 0 Å². The minimum atomic E-state index is -4.44. The highest BCUT2D eigenvalue weighted by Gasteiger charge is 2.59. The van der Waals surface area contributed by atoms with Crippen molar-refractivity contribution in [2.75, 3.05) is 59.4 Å². The molecular formula is C35H57NO9S. The Bertz CT molecular complexity index is 1170. The van der Waals surface area contributed by atoms with Crippen molar-refractivity contribution in [2.45, 2.75) is 91.1 Å². The van der Waals surface area contributed by atoms with Gasteiger partial charge in [0.1, 0.15) is 6.61 Å². The Morgan fingerprint density at radius 1 is 1.00 bits per heavy atom. The number of carbonyl (C=O) groups is 1. The van der Waals surface area contributed by atoms with E-state index >= 15 is 0 Å². The van der Waals surface area contributed by atoms with E-state index in [2.05, 4.69) is 38.1 Å². The van der Waals surface area contributed by atoms with E-state index in [-0.39, 0.29) is 11.3 Å². The van der Waals surface area contributed by atoms with Gasteiger partial charge < -0.3 is 24.3 Å². The monoisotopic (exact) mass is 667 g/mol. The SMILES string of the molecule is C#CCOCCOCCOCCOCCNC(=O)CCC(C)[C@H]1CC[C@H]2[C@@H]3CC=C4C[C@@H](OS(=O)(=O)O)CC[C@]4(C)[C@H]3CC[C@]12C. The number of hydrogen-bond acceptors (Lipinski definition) is 8. The Morgan fingerprint density at radius 2 is 1.67 bits per heavy atom. The fourth-order valence-electron chi connectivity index (χ4n) is 9.56. The summed E-state index contributed by atoms with van der Waals surface area (Å²) in [5.41, 5.74) is 1.70. The summed E-state index contributed by atoms with van der Waals surface area (Å²) in [5, 5.41) is 3.01. The van der Waals surface area contributed by atoms with Gasteiger partial charge in [0.25, 0.3) is 0 Å². The Labute approximate surface area is 277 Å². The molecule has 0 aromatic carbocycles. The van der Waals surface area contributed by atoms with Crippen LogP contribution in [-0.4, -0.2) is 84.4 Å². The lowest BCUT2D eigenvalue weighted by Crippen LogP contribution is -2.51. The molecule has 46 heavy (non-hydrogen) atoms. The van der Waals surface area contributed by atoms with Crippen LogP contribution >= 0.6 is 0 Å².